The molecule has 4 aromatic heterocycles. The molecule has 0 amide bonds. The van der Waals surface area contributed by atoms with E-state index in [1.165, 1.54) is 0 Å². The van der Waals surface area contributed by atoms with Crippen molar-refractivity contribution < 1.29 is 0 Å². The van der Waals surface area contributed by atoms with Gasteiger partial charge in [-0.3, -0.25) is 14.1 Å². The Morgan fingerprint density at radius 3 is 2.62 bits per heavy atom. The molecule has 0 aliphatic heterocycles. The Labute approximate surface area is 215 Å². The van der Waals surface area contributed by atoms with Crippen molar-refractivity contribution in [2.24, 2.45) is 0 Å². The van der Waals surface area contributed by atoms with Gasteiger partial charge in [0.05, 0.1) is 18.4 Å². The van der Waals surface area contributed by atoms with E-state index in [1.807, 2.05) is 65.0 Å². The van der Waals surface area contributed by atoms with E-state index in [0.717, 1.165) is 65.1 Å². The average Bonchev–Trinajstić information content (AvgIpc) is 3.68. The van der Waals surface area contributed by atoms with Gasteiger partial charge in [-0.05, 0) is 65.9 Å². The largest absolute Gasteiger partial charge is 0.334 e. The summed E-state index contributed by atoms with van der Waals surface area (Å²) in [6.45, 7) is 7.38. The second kappa shape index (κ2) is 10.7. The zero-order valence-corrected chi connectivity index (χ0v) is 21.4. The lowest BCUT2D eigenvalue weighted by Gasteiger charge is -2.09. The summed E-state index contributed by atoms with van der Waals surface area (Å²) >= 11 is 0. The van der Waals surface area contributed by atoms with E-state index in [0.29, 0.717) is 18.9 Å². The molecule has 10 nitrogen and oxygen atoms in total. The molecular formula is C27H31N9O. The highest BCUT2D eigenvalue weighted by molar-refractivity contribution is 5.70. The fourth-order valence-electron chi connectivity index (χ4n) is 4.62. The number of hydrogen-bond acceptors (Lipinski definition) is 6. The first-order valence-corrected chi connectivity index (χ1v) is 12.8. The maximum Gasteiger partial charge on any atom is 0.334 e. The minimum Gasteiger partial charge on any atom is -0.290 e. The zero-order chi connectivity index (χ0) is 25.8. The molecule has 37 heavy (non-hydrogen) atoms. The molecule has 190 valence electrons. The van der Waals surface area contributed by atoms with Crippen LogP contribution in [0.1, 0.15) is 50.6 Å². The summed E-state index contributed by atoms with van der Waals surface area (Å²) in [5.41, 5.74) is 5.75. The zero-order valence-electron chi connectivity index (χ0n) is 21.4. The normalized spacial score (nSPS) is 11.3. The molecule has 0 unspecified atom stereocenters. The Hall–Kier alpha value is -4.34. The topological polar surface area (TPSA) is 112 Å². The summed E-state index contributed by atoms with van der Waals surface area (Å²) in [5, 5.41) is 18.7. The summed E-state index contributed by atoms with van der Waals surface area (Å²) < 4.78 is 5.51. The number of nitrogens with zero attached hydrogens (tertiary/aromatic N) is 8. The predicted molar refractivity (Wildman–Crippen MR) is 141 cm³/mol. The Bertz CT molecular complexity index is 1520. The number of aryl methyl sites for hydroxylation is 3. The van der Waals surface area contributed by atoms with Crippen molar-refractivity contribution in [3.05, 3.63) is 82.4 Å². The van der Waals surface area contributed by atoms with Gasteiger partial charge < -0.3 is 0 Å². The van der Waals surface area contributed by atoms with Gasteiger partial charge in [-0.2, -0.15) is 5.10 Å². The summed E-state index contributed by atoms with van der Waals surface area (Å²) in [6, 6.07) is 12.0. The van der Waals surface area contributed by atoms with Crippen LogP contribution in [0, 0.1) is 0 Å². The van der Waals surface area contributed by atoms with Crippen molar-refractivity contribution in [1.82, 2.24) is 44.5 Å². The lowest BCUT2D eigenvalue weighted by molar-refractivity contribution is 0.621. The van der Waals surface area contributed by atoms with Crippen molar-refractivity contribution >= 4 is 0 Å². The van der Waals surface area contributed by atoms with Gasteiger partial charge in [-0.15, -0.1) is 5.10 Å². The fourth-order valence-corrected chi connectivity index (χ4v) is 4.62. The molecule has 0 saturated carbocycles. The quantitative estimate of drug-likeness (QED) is 0.312. The van der Waals surface area contributed by atoms with Gasteiger partial charge in [0.15, 0.2) is 5.82 Å². The Kier molecular flexibility index (Phi) is 7.07. The lowest BCUT2D eigenvalue weighted by Crippen LogP contribution is -2.27. The van der Waals surface area contributed by atoms with Crippen molar-refractivity contribution in [3.63, 3.8) is 0 Å². The van der Waals surface area contributed by atoms with Gasteiger partial charge in [-0.25, -0.2) is 14.6 Å². The minimum absolute atomic E-state index is 0.0666. The highest BCUT2D eigenvalue weighted by Gasteiger charge is 2.19. The van der Waals surface area contributed by atoms with Gasteiger partial charge in [0, 0.05) is 35.8 Å². The van der Waals surface area contributed by atoms with Gasteiger partial charge in [0.2, 0.25) is 0 Å². The van der Waals surface area contributed by atoms with Crippen LogP contribution in [-0.4, -0.2) is 44.5 Å². The number of pyridine rings is 1. The van der Waals surface area contributed by atoms with Gasteiger partial charge in [-0.1, -0.05) is 38.5 Å². The summed E-state index contributed by atoms with van der Waals surface area (Å²) in [6.07, 6.45) is 9.34. The van der Waals surface area contributed by atoms with E-state index in [1.54, 1.807) is 10.8 Å². The van der Waals surface area contributed by atoms with Gasteiger partial charge in [0.1, 0.15) is 5.82 Å². The molecule has 0 aliphatic rings. The summed E-state index contributed by atoms with van der Waals surface area (Å²) in [7, 11) is 0. The van der Waals surface area contributed by atoms with Gasteiger partial charge >= 0.3 is 5.69 Å². The number of aromatic amines is 1. The van der Waals surface area contributed by atoms with Crippen LogP contribution in [0.4, 0.5) is 0 Å². The second-order valence-electron chi connectivity index (χ2n) is 8.99. The molecule has 0 atom stereocenters. The Morgan fingerprint density at radius 2 is 1.86 bits per heavy atom. The number of nitrogens with one attached hydrogen (secondary N) is 1. The highest BCUT2D eigenvalue weighted by atomic mass is 16.1. The van der Waals surface area contributed by atoms with Crippen molar-refractivity contribution in [2.75, 3.05) is 0 Å². The number of hydrogen-bond donors (Lipinski definition) is 1. The van der Waals surface area contributed by atoms with E-state index < -0.39 is 0 Å². The van der Waals surface area contributed by atoms with Crippen molar-refractivity contribution in [2.45, 2.75) is 59.5 Å². The van der Waals surface area contributed by atoms with Crippen LogP contribution in [0.3, 0.4) is 0 Å². The average molecular weight is 498 g/mol. The third-order valence-electron chi connectivity index (χ3n) is 6.59. The van der Waals surface area contributed by atoms with Crippen LogP contribution < -0.4 is 5.69 Å². The van der Waals surface area contributed by atoms with Crippen LogP contribution in [0.15, 0.2) is 59.8 Å². The van der Waals surface area contributed by atoms with E-state index in [4.69, 9.17) is 0 Å². The lowest BCUT2D eigenvalue weighted by atomic mass is 10.0. The number of unbranched alkanes of at least 4 members (excludes halogenated alkanes) is 1. The van der Waals surface area contributed by atoms with Gasteiger partial charge in [0.25, 0.3) is 0 Å². The molecule has 10 heteroatoms. The van der Waals surface area contributed by atoms with Crippen LogP contribution in [0.5, 0.6) is 0 Å². The first-order chi connectivity index (χ1) is 18.1. The summed E-state index contributed by atoms with van der Waals surface area (Å²) in [5.74, 6) is 1.47. The molecule has 0 saturated heterocycles. The van der Waals surface area contributed by atoms with Crippen LogP contribution >= 0.6 is 0 Å². The van der Waals surface area contributed by atoms with Crippen LogP contribution in [0.2, 0.25) is 0 Å². The first kappa shape index (κ1) is 24.4. The van der Waals surface area contributed by atoms with Crippen molar-refractivity contribution in [3.8, 4) is 28.3 Å². The monoisotopic (exact) mass is 497 g/mol. The molecule has 0 fully saturated rings. The molecule has 4 heterocycles. The maximum absolute atomic E-state index is 13.8. The number of aromatic nitrogens is 9. The summed E-state index contributed by atoms with van der Waals surface area (Å²) in [4.78, 5) is 18.4. The first-order valence-electron chi connectivity index (χ1n) is 12.8. The fraction of sp³-hybridized carbons (Fsp3) is 0.333. The number of H-pyrrole nitrogens is 1. The van der Waals surface area contributed by atoms with Crippen LogP contribution in [0.25, 0.3) is 28.3 Å². The Morgan fingerprint density at radius 1 is 1.03 bits per heavy atom. The molecule has 0 aliphatic carbocycles. The number of imidazole rings is 1. The smallest absolute Gasteiger partial charge is 0.290 e. The molecule has 0 bridgehead atoms. The van der Waals surface area contributed by atoms with E-state index in [-0.39, 0.29) is 5.69 Å². The second-order valence-corrected chi connectivity index (χ2v) is 8.99. The molecular weight excluding hydrogens is 466 g/mol. The van der Waals surface area contributed by atoms with E-state index in [2.05, 4.69) is 44.6 Å². The number of benzene rings is 1. The number of tetrazole rings is 1. The van der Waals surface area contributed by atoms with E-state index >= 15 is 0 Å². The number of rotatable bonds is 10. The molecule has 0 radical (unpaired) electrons. The SMILES string of the molecule is CCCCc1cn(-c2c(CC)cnn2CC)c(=O)n1Cc1cc(-c2cccc(-c3nnn[nH]3)c2)ccn1. The highest BCUT2D eigenvalue weighted by Crippen LogP contribution is 2.25. The van der Waals surface area contributed by atoms with E-state index in [9.17, 15) is 4.79 Å². The standard InChI is InChI=1S/C27H31N9O/c1-4-7-11-24-18-35(26-19(5-2)16-29-36(26)6-3)27(37)34(24)17-23-15-21(12-13-28-23)20-9-8-10-22(14-20)25-30-32-33-31-25/h8-10,12-16,18H,4-7,11,17H2,1-3H3,(H,30,31,32,33). The van der Waals surface area contributed by atoms with Crippen molar-refractivity contribution in [1.29, 1.82) is 0 Å². The third kappa shape index (κ3) is 4.87. The predicted octanol–water partition coefficient (Wildman–Crippen LogP) is 4.05. The Balaban J connectivity index is 1.52. The maximum atomic E-state index is 13.8. The van der Waals surface area contributed by atoms with Crippen LogP contribution in [-0.2, 0) is 25.9 Å². The molecule has 0 spiro atoms. The molecule has 1 N–H and O–H groups in total. The third-order valence-corrected chi connectivity index (χ3v) is 6.59. The molecule has 1 aromatic carbocycles. The minimum atomic E-state index is -0.0666. The molecule has 5 rings (SSSR count). The molecule has 5 aromatic rings.